The van der Waals surface area contributed by atoms with Crippen LogP contribution in [-0.2, 0) is 34.5 Å². The van der Waals surface area contributed by atoms with E-state index in [1.165, 1.54) is 4.90 Å². The van der Waals surface area contributed by atoms with E-state index in [1.54, 1.807) is 11.3 Å². The third-order valence-electron chi connectivity index (χ3n) is 6.18. The highest BCUT2D eigenvalue weighted by atomic mass is 32.1. The maximum absolute atomic E-state index is 14.0. The van der Waals surface area contributed by atoms with Crippen LogP contribution < -0.4 is 5.73 Å². The Kier molecular flexibility index (Phi) is 6.29. The van der Waals surface area contributed by atoms with Gasteiger partial charge in [-0.25, -0.2) is 4.99 Å². The molecule has 6 heteroatoms. The lowest BCUT2D eigenvalue weighted by atomic mass is 9.83. The number of hydrogen-bond donors (Lipinski definition) is 1. The van der Waals surface area contributed by atoms with Crippen molar-refractivity contribution in [3.05, 3.63) is 130 Å². The minimum atomic E-state index is -1.22. The van der Waals surface area contributed by atoms with Gasteiger partial charge in [0.1, 0.15) is 5.78 Å². The number of nitrogens with zero attached hydrogens (tertiary/aromatic N) is 2. The molecule has 2 heterocycles. The highest BCUT2D eigenvalue weighted by Gasteiger charge is 2.50. The molecule has 1 aromatic heterocycles. The van der Waals surface area contributed by atoms with Gasteiger partial charge in [-0.2, -0.15) is 0 Å². The molecule has 0 aliphatic carbocycles. The third kappa shape index (κ3) is 4.53. The summed E-state index contributed by atoms with van der Waals surface area (Å²) < 4.78 is 0. The Morgan fingerprint density at radius 1 is 0.829 bits per heavy atom. The molecule has 174 valence electrons. The Morgan fingerprint density at radius 2 is 1.49 bits per heavy atom. The van der Waals surface area contributed by atoms with Gasteiger partial charge in [-0.3, -0.25) is 14.5 Å². The standard InChI is InChI=1S/C29H25N3O2S/c30-28-31-29(23-11-3-1-4-12-23,24-13-5-2-6-14-24)27(34)32(28)20-22-10-7-9-21(17-22)18-25(33)19-26-15-8-16-35-26/h1-17H,18-20H2,(H2,30,31). The Bertz CT molecular complexity index is 1330. The molecule has 0 atom stereocenters. The molecule has 0 saturated heterocycles. The number of guanidine groups is 1. The third-order valence-corrected chi connectivity index (χ3v) is 7.06. The van der Waals surface area contributed by atoms with Gasteiger partial charge >= 0.3 is 0 Å². The average molecular weight is 480 g/mol. The van der Waals surface area contributed by atoms with Gasteiger partial charge in [0, 0.05) is 17.7 Å². The number of thiophene rings is 1. The molecule has 0 spiro atoms. The van der Waals surface area contributed by atoms with E-state index >= 15 is 0 Å². The fourth-order valence-electron chi connectivity index (χ4n) is 4.55. The predicted octanol–water partition coefficient (Wildman–Crippen LogP) is 4.70. The lowest BCUT2D eigenvalue weighted by Crippen LogP contribution is -2.43. The summed E-state index contributed by atoms with van der Waals surface area (Å²) in [5, 5.41) is 1.98. The lowest BCUT2D eigenvalue weighted by Gasteiger charge is -2.27. The zero-order chi connectivity index (χ0) is 24.3. The molecule has 0 saturated carbocycles. The van der Waals surface area contributed by atoms with Gasteiger partial charge in [-0.15, -0.1) is 11.3 Å². The first-order chi connectivity index (χ1) is 17.1. The highest BCUT2D eigenvalue weighted by molar-refractivity contribution is 7.10. The highest BCUT2D eigenvalue weighted by Crippen LogP contribution is 2.39. The van der Waals surface area contributed by atoms with E-state index in [0.29, 0.717) is 12.8 Å². The Morgan fingerprint density at radius 3 is 2.11 bits per heavy atom. The number of rotatable bonds is 8. The summed E-state index contributed by atoms with van der Waals surface area (Å²) in [6, 6.07) is 30.8. The van der Waals surface area contributed by atoms with Crippen molar-refractivity contribution >= 4 is 29.0 Å². The molecule has 0 fully saturated rings. The van der Waals surface area contributed by atoms with Crippen LogP contribution in [0.3, 0.4) is 0 Å². The van der Waals surface area contributed by atoms with Crippen molar-refractivity contribution < 1.29 is 9.59 Å². The maximum atomic E-state index is 14.0. The van der Waals surface area contributed by atoms with Gasteiger partial charge in [0.15, 0.2) is 11.5 Å². The van der Waals surface area contributed by atoms with Crippen molar-refractivity contribution in [2.45, 2.75) is 24.9 Å². The summed E-state index contributed by atoms with van der Waals surface area (Å²) in [4.78, 5) is 33.9. The van der Waals surface area contributed by atoms with E-state index in [2.05, 4.69) is 0 Å². The van der Waals surface area contributed by atoms with Gasteiger partial charge in [-0.05, 0) is 33.7 Å². The molecular weight excluding hydrogens is 454 g/mol. The van der Waals surface area contributed by atoms with Crippen LogP contribution in [0.4, 0.5) is 0 Å². The fourth-order valence-corrected chi connectivity index (χ4v) is 5.29. The normalized spacial score (nSPS) is 14.7. The first-order valence-electron chi connectivity index (χ1n) is 11.5. The van der Waals surface area contributed by atoms with Crippen molar-refractivity contribution in [2.24, 2.45) is 10.7 Å². The number of ketones is 1. The smallest absolute Gasteiger partial charge is 0.266 e. The molecule has 1 amide bonds. The van der Waals surface area contributed by atoms with E-state index in [0.717, 1.165) is 27.1 Å². The van der Waals surface area contributed by atoms with E-state index < -0.39 is 5.54 Å². The second-order valence-corrected chi connectivity index (χ2v) is 9.63. The number of amides is 1. The molecule has 1 aliphatic rings. The zero-order valence-electron chi connectivity index (χ0n) is 19.1. The topological polar surface area (TPSA) is 75.8 Å². The number of carbonyl (C=O) groups is 2. The van der Waals surface area contributed by atoms with Crippen LogP contribution in [0, 0.1) is 0 Å². The number of carbonyl (C=O) groups excluding carboxylic acids is 2. The van der Waals surface area contributed by atoms with Crippen molar-refractivity contribution in [3.8, 4) is 0 Å². The van der Waals surface area contributed by atoms with Gasteiger partial charge < -0.3 is 5.73 Å². The number of nitrogens with two attached hydrogens (primary N) is 1. The number of benzene rings is 3. The van der Waals surface area contributed by atoms with E-state index in [1.807, 2.05) is 102 Å². The van der Waals surface area contributed by atoms with Crippen molar-refractivity contribution in [1.29, 1.82) is 0 Å². The molecule has 35 heavy (non-hydrogen) atoms. The Hall–Kier alpha value is -4.03. The second-order valence-electron chi connectivity index (χ2n) is 8.60. The van der Waals surface area contributed by atoms with Crippen molar-refractivity contribution in [2.75, 3.05) is 0 Å². The van der Waals surface area contributed by atoms with E-state index in [4.69, 9.17) is 10.7 Å². The summed E-state index contributed by atoms with van der Waals surface area (Å²) in [6.07, 6.45) is 0.782. The van der Waals surface area contributed by atoms with Crippen LogP contribution >= 0.6 is 11.3 Å². The summed E-state index contributed by atoms with van der Waals surface area (Å²) in [7, 11) is 0. The average Bonchev–Trinajstić information content (AvgIpc) is 3.47. The SMILES string of the molecule is NC1=NC(c2ccccc2)(c2ccccc2)C(=O)N1Cc1cccc(CC(=O)Cc2cccs2)c1. The monoisotopic (exact) mass is 479 g/mol. The summed E-state index contributed by atoms with van der Waals surface area (Å²) in [5.74, 6) is 0.156. The zero-order valence-corrected chi connectivity index (χ0v) is 19.9. The van der Waals surface area contributed by atoms with Gasteiger partial charge in [0.05, 0.1) is 6.54 Å². The number of Topliss-reactive ketones (excluding diaryl/α,β-unsaturated/α-hetero) is 1. The second kappa shape index (κ2) is 9.68. The van der Waals surface area contributed by atoms with Crippen LogP contribution in [0.15, 0.2) is 107 Å². The Balaban J connectivity index is 1.40. The maximum Gasteiger partial charge on any atom is 0.266 e. The molecule has 3 aromatic carbocycles. The first-order valence-corrected chi connectivity index (χ1v) is 12.3. The van der Waals surface area contributed by atoms with Crippen molar-refractivity contribution in [3.63, 3.8) is 0 Å². The molecule has 0 bridgehead atoms. The first kappa shape index (κ1) is 22.7. The minimum Gasteiger partial charge on any atom is -0.369 e. The van der Waals surface area contributed by atoms with Crippen LogP contribution in [-0.4, -0.2) is 22.5 Å². The molecule has 5 nitrogen and oxygen atoms in total. The molecule has 0 unspecified atom stereocenters. The van der Waals surface area contributed by atoms with Crippen LogP contribution in [0.1, 0.15) is 27.1 Å². The molecule has 1 aliphatic heterocycles. The summed E-state index contributed by atoms with van der Waals surface area (Å²) in [6.45, 7) is 0.280. The molecule has 5 rings (SSSR count). The molecule has 0 radical (unpaired) electrons. The fraction of sp³-hybridized carbons (Fsp3) is 0.138. The van der Waals surface area contributed by atoms with Gasteiger partial charge in [0.2, 0.25) is 0 Å². The van der Waals surface area contributed by atoms with Crippen LogP contribution in [0.25, 0.3) is 0 Å². The van der Waals surface area contributed by atoms with Crippen molar-refractivity contribution in [1.82, 2.24) is 4.90 Å². The Labute approximate surface area is 208 Å². The van der Waals surface area contributed by atoms with Gasteiger partial charge in [0.25, 0.3) is 5.91 Å². The quantitative estimate of drug-likeness (QED) is 0.398. The lowest BCUT2D eigenvalue weighted by molar-refractivity contribution is -0.130. The molecular formula is C29H25N3O2S. The molecule has 4 aromatic rings. The largest absolute Gasteiger partial charge is 0.369 e. The van der Waals surface area contributed by atoms with Crippen LogP contribution in [0.2, 0.25) is 0 Å². The van der Waals surface area contributed by atoms with E-state index in [-0.39, 0.29) is 24.2 Å². The summed E-state index contributed by atoms with van der Waals surface area (Å²) in [5.41, 5.74) is 8.51. The number of hydrogen-bond acceptors (Lipinski definition) is 5. The minimum absolute atomic E-state index is 0.162. The number of aliphatic imine (C=N–C) groups is 1. The van der Waals surface area contributed by atoms with E-state index in [9.17, 15) is 9.59 Å². The molecule has 2 N–H and O–H groups in total. The van der Waals surface area contributed by atoms with Gasteiger partial charge in [-0.1, -0.05) is 91.0 Å². The van der Waals surface area contributed by atoms with Crippen LogP contribution in [0.5, 0.6) is 0 Å². The summed E-state index contributed by atoms with van der Waals surface area (Å²) >= 11 is 1.59. The predicted molar refractivity (Wildman–Crippen MR) is 139 cm³/mol.